The Hall–Kier alpha value is -1.25. The fraction of sp³-hybridized carbons (Fsp3) is 0.583. The van der Waals surface area contributed by atoms with Gasteiger partial charge in [0.1, 0.15) is 0 Å². The summed E-state index contributed by atoms with van der Waals surface area (Å²) < 4.78 is 4.97. The van der Waals surface area contributed by atoms with Gasteiger partial charge in [-0.2, -0.15) is 0 Å². The second-order valence-corrected chi connectivity index (χ2v) is 4.27. The standard InChI is InChI=1S/C12H16O3/c13-12(14)11(10-6-7-15-8-10)9-4-2-1-3-5-9/h6-9,11H,1-5H2,(H,13,14). The number of hydrogen-bond acceptors (Lipinski definition) is 2. The van der Waals surface area contributed by atoms with Crippen LogP contribution in [0, 0.1) is 5.92 Å². The Kier molecular flexibility index (Phi) is 3.09. The van der Waals surface area contributed by atoms with E-state index in [4.69, 9.17) is 4.42 Å². The molecule has 1 aromatic rings. The smallest absolute Gasteiger partial charge is 0.311 e. The zero-order valence-corrected chi connectivity index (χ0v) is 8.69. The van der Waals surface area contributed by atoms with E-state index in [9.17, 15) is 9.90 Å². The monoisotopic (exact) mass is 208 g/mol. The molecule has 3 heteroatoms. The van der Waals surface area contributed by atoms with Crippen LogP contribution >= 0.6 is 0 Å². The summed E-state index contributed by atoms with van der Waals surface area (Å²) in [7, 11) is 0. The fourth-order valence-electron chi connectivity index (χ4n) is 2.54. The number of carbonyl (C=O) groups is 1. The Morgan fingerprint density at radius 1 is 1.40 bits per heavy atom. The Balaban J connectivity index is 2.15. The van der Waals surface area contributed by atoms with Crippen molar-refractivity contribution in [3.05, 3.63) is 24.2 Å². The predicted octanol–water partition coefficient (Wildman–Crippen LogP) is 3.03. The molecule has 3 nitrogen and oxygen atoms in total. The molecule has 1 aliphatic rings. The van der Waals surface area contributed by atoms with Gasteiger partial charge in [0, 0.05) is 5.56 Å². The first-order valence-corrected chi connectivity index (χ1v) is 5.54. The predicted molar refractivity (Wildman–Crippen MR) is 55.7 cm³/mol. The van der Waals surface area contributed by atoms with Crippen molar-refractivity contribution in [2.75, 3.05) is 0 Å². The number of carboxylic acid groups (broad SMARTS) is 1. The Labute approximate surface area is 89.1 Å². The number of carboxylic acids is 1. The highest BCUT2D eigenvalue weighted by molar-refractivity contribution is 5.76. The van der Waals surface area contributed by atoms with E-state index in [-0.39, 0.29) is 11.8 Å². The van der Waals surface area contributed by atoms with Gasteiger partial charge in [0.2, 0.25) is 0 Å². The van der Waals surface area contributed by atoms with Crippen molar-refractivity contribution in [1.82, 2.24) is 0 Å². The van der Waals surface area contributed by atoms with Gasteiger partial charge in [0.05, 0.1) is 18.4 Å². The van der Waals surface area contributed by atoms with Crippen molar-refractivity contribution in [3.8, 4) is 0 Å². The van der Waals surface area contributed by atoms with Crippen LogP contribution < -0.4 is 0 Å². The van der Waals surface area contributed by atoms with Gasteiger partial charge in [0.15, 0.2) is 0 Å². The molecule has 82 valence electrons. The van der Waals surface area contributed by atoms with Crippen LogP contribution in [-0.2, 0) is 4.79 Å². The summed E-state index contributed by atoms with van der Waals surface area (Å²) in [4.78, 5) is 11.3. The number of aliphatic carboxylic acids is 1. The molecule has 0 aromatic carbocycles. The molecule has 0 radical (unpaired) electrons. The normalized spacial score (nSPS) is 20.0. The first-order chi connectivity index (χ1) is 7.29. The summed E-state index contributed by atoms with van der Waals surface area (Å²) in [5.41, 5.74) is 0.814. The lowest BCUT2D eigenvalue weighted by molar-refractivity contribution is -0.140. The van der Waals surface area contributed by atoms with E-state index < -0.39 is 5.97 Å². The zero-order chi connectivity index (χ0) is 10.7. The van der Waals surface area contributed by atoms with E-state index in [1.807, 2.05) is 0 Å². The minimum atomic E-state index is -0.719. The molecule has 15 heavy (non-hydrogen) atoms. The van der Waals surface area contributed by atoms with Gasteiger partial charge in [-0.25, -0.2) is 0 Å². The summed E-state index contributed by atoms with van der Waals surface area (Å²) in [6.45, 7) is 0. The minimum Gasteiger partial charge on any atom is -0.481 e. The molecular weight excluding hydrogens is 192 g/mol. The second kappa shape index (κ2) is 4.51. The zero-order valence-electron chi connectivity index (χ0n) is 8.69. The lowest BCUT2D eigenvalue weighted by Gasteiger charge is -2.26. The van der Waals surface area contributed by atoms with Crippen molar-refractivity contribution in [1.29, 1.82) is 0 Å². The van der Waals surface area contributed by atoms with Crippen molar-refractivity contribution in [2.45, 2.75) is 38.0 Å². The average Bonchev–Trinajstić information content (AvgIpc) is 2.72. The highest BCUT2D eigenvalue weighted by atomic mass is 16.4. The third-order valence-electron chi connectivity index (χ3n) is 3.29. The summed E-state index contributed by atoms with van der Waals surface area (Å²) in [6.07, 6.45) is 8.73. The average molecular weight is 208 g/mol. The molecule has 1 unspecified atom stereocenters. The van der Waals surface area contributed by atoms with E-state index >= 15 is 0 Å². The molecule has 0 bridgehead atoms. The first kappa shape index (κ1) is 10.3. The summed E-state index contributed by atoms with van der Waals surface area (Å²) in [6, 6.07) is 1.77. The number of furan rings is 1. The maximum Gasteiger partial charge on any atom is 0.311 e. The quantitative estimate of drug-likeness (QED) is 0.830. The SMILES string of the molecule is O=C(O)C(c1ccoc1)C1CCCCC1. The highest BCUT2D eigenvalue weighted by Gasteiger charge is 2.31. The van der Waals surface area contributed by atoms with Crippen molar-refractivity contribution >= 4 is 5.97 Å². The van der Waals surface area contributed by atoms with Crippen LogP contribution in [0.3, 0.4) is 0 Å². The van der Waals surface area contributed by atoms with Crippen LogP contribution in [0.15, 0.2) is 23.0 Å². The molecule has 1 heterocycles. The number of hydrogen-bond donors (Lipinski definition) is 1. The van der Waals surface area contributed by atoms with Gasteiger partial charge in [-0.1, -0.05) is 19.3 Å². The van der Waals surface area contributed by atoms with E-state index in [1.54, 1.807) is 18.6 Å². The maximum atomic E-state index is 11.3. The first-order valence-electron chi connectivity index (χ1n) is 5.54. The van der Waals surface area contributed by atoms with Gasteiger partial charge in [-0.05, 0) is 24.8 Å². The van der Waals surface area contributed by atoms with Gasteiger partial charge < -0.3 is 9.52 Å². The van der Waals surface area contributed by atoms with Crippen LogP contribution in [0.4, 0.5) is 0 Å². The molecule has 2 rings (SSSR count). The molecule has 1 atom stereocenters. The van der Waals surface area contributed by atoms with E-state index in [0.29, 0.717) is 0 Å². The molecule has 1 fully saturated rings. The van der Waals surface area contributed by atoms with Crippen molar-refractivity contribution in [3.63, 3.8) is 0 Å². The summed E-state index contributed by atoms with van der Waals surface area (Å²) >= 11 is 0. The van der Waals surface area contributed by atoms with E-state index in [2.05, 4.69) is 0 Å². The molecule has 1 aliphatic carbocycles. The Bertz CT molecular complexity index is 310. The summed E-state index contributed by atoms with van der Waals surface area (Å²) in [5.74, 6) is -0.804. The van der Waals surface area contributed by atoms with Crippen LogP contribution in [0.5, 0.6) is 0 Å². The van der Waals surface area contributed by atoms with Crippen molar-refractivity contribution in [2.24, 2.45) is 5.92 Å². The molecule has 1 saturated carbocycles. The van der Waals surface area contributed by atoms with Gasteiger partial charge in [0.25, 0.3) is 0 Å². The lowest BCUT2D eigenvalue weighted by atomic mass is 9.77. The van der Waals surface area contributed by atoms with Gasteiger partial charge in [-0.15, -0.1) is 0 Å². The van der Waals surface area contributed by atoms with E-state index in [0.717, 1.165) is 31.2 Å². The van der Waals surface area contributed by atoms with Gasteiger partial charge >= 0.3 is 5.97 Å². The van der Waals surface area contributed by atoms with Crippen LogP contribution in [0.2, 0.25) is 0 Å². The van der Waals surface area contributed by atoms with Crippen LogP contribution in [-0.4, -0.2) is 11.1 Å². The van der Waals surface area contributed by atoms with Gasteiger partial charge in [-0.3, -0.25) is 4.79 Å². The molecular formula is C12H16O3. The Morgan fingerprint density at radius 3 is 2.67 bits per heavy atom. The Morgan fingerprint density at radius 2 is 2.13 bits per heavy atom. The third kappa shape index (κ3) is 2.22. The minimum absolute atomic E-state index is 0.286. The molecule has 0 amide bonds. The maximum absolute atomic E-state index is 11.3. The molecule has 0 saturated heterocycles. The van der Waals surface area contributed by atoms with Crippen molar-refractivity contribution < 1.29 is 14.3 Å². The third-order valence-corrected chi connectivity index (χ3v) is 3.29. The lowest BCUT2D eigenvalue weighted by Crippen LogP contribution is -2.23. The van der Waals surface area contributed by atoms with Crippen LogP contribution in [0.25, 0.3) is 0 Å². The molecule has 0 spiro atoms. The largest absolute Gasteiger partial charge is 0.481 e. The summed E-state index contributed by atoms with van der Waals surface area (Å²) in [5, 5.41) is 9.26. The number of rotatable bonds is 3. The van der Waals surface area contributed by atoms with Crippen LogP contribution in [0.1, 0.15) is 43.6 Å². The van der Waals surface area contributed by atoms with E-state index in [1.165, 1.54) is 6.42 Å². The molecule has 1 N–H and O–H groups in total. The highest BCUT2D eigenvalue weighted by Crippen LogP contribution is 2.36. The fourth-order valence-corrected chi connectivity index (χ4v) is 2.54. The second-order valence-electron chi connectivity index (χ2n) is 4.27. The topological polar surface area (TPSA) is 50.4 Å². The molecule has 0 aliphatic heterocycles. The molecule has 1 aromatic heterocycles.